The quantitative estimate of drug-likeness (QED) is 0.428. The van der Waals surface area contributed by atoms with Gasteiger partial charge in [0.15, 0.2) is 6.61 Å². The van der Waals surface area contributed by atoms with Crippen molar-refractivity contribution in [2.45, 2.75) is 78.4 Å². The predicted molar refractivity (Wildman–Crippen MR) is 144 cm³/mol. The van der Waals surface area contributed by atoms with E-state index in [0.717, 1.165) is 21.3 Å². The topological polar surface area (TPSA) is 67.9 Å². The molecule has 192 valence electrons. The van der Waals surface area contributed by atoms with Gasteiger partial charge in [-0.15, -0.1) is 0 Å². The predicted octanol–water partition coefficient (Wildman–Crippen LogP) is 5.86. The summed E-state index contributed by atoms with van der Waals surface area (Å²) in [5.74, 6) is 0.875. The Balaban J connectivity index is 2.26. The van der Waals surface area contributed by atoms with Crippen molar-refractivity contribution in [1.82, 2.24) is 10.2 Å². The second kappa shape index (κ2) is 11.9. The molecule has 0 aromatic heterocycles. The summed E-state index contributed by atoms with van der Waals surface area (Å²) in [6.45, 7) is 14.2. The molecule has 0 heterocycles. The van der Waals surface area contributed by atoms with Crippen molar-refractivity contribution in [3.05, 3.63) is 58.1 Å². The number of ether oxygens (including phenoxy) is 2. The van der Waals surface area contributed by atoms with E-state index in [9.17, 15) is 9.59 Å². The van der Waals surface area contributed by atoms with Crippen molar-refractivity contribution in [3.8, 4) is 11.5 Å². The van der Waals surface area contributed by atoms with Crippen LogP contribution in [0.15, 0.2) is 46.9 Å². The number of carbonyl (C=O) groups is 2. The molecule has 7 heteroatoms. The fraction of sp³-hybridized carbons (Fsp3) is 0.500. The largest absolute Gasteiger partial charge is 0.497 e. The molecule has 0 bridgehead atoms. The van der Waals surface area contributed by atoms with E-state index in [1.165, 1.54) is 0 Å². The van der Waals surface area contributed by atoms with Crippen LogP contribution in [-0.2, 0) is 21.5 Å². The van der Waals surface area contributed by atoms with Crippen molar-refractivity contribution in [3.63, 3.8) is 0 Å². The van der Waals surface area contributed by atoms with Gasteiger partial charge in [-0.25, -0.2) is 0 Å². The summed E-state index contributed by atoms with van der Waals surface area (Å²) in [6, 6.07) is 12.8. The molecule has 0 aliphatic heterocycles. The van der Waals surface area contributed by atoms with E-state index < -0.39 is 11.6 Å². The van der Waals surface area contributed by atoms with Crippen molar-refractivity contribution in [1.29, 1.82) is 0 Å². The number of hydrogen-bond donors (Lipinski definition) is 1. The first kappa shape index (κ1) is 28.7. The van der Waals surface area contributed by atoms with Gasteiger partial charge in [-0.3, -0.25) is 9.59 Å². The smallest absolute Gasteiger partial charge is 0.261 e. The molecule has 0 unspecified atom stereocenters. The maximum absolute atomic E-state index is 13.4. The van der Waals surface area contributed by atoms with Crippen LogP contribution >= 0.6 is 15.9 Å². The van der Waals surface area contributed by atoms with Gasteiger partial charge in [0.1, 0.15) is 17.5 Å². The molecule has 2 rings (SSSR count). The van der Waals surface area contributed by atoms with Gasteiger partial charge in [0.2, 0.25) is 5.91 Å². The zero-order chi connectivity index (χ0) is 26.4. The lowest BCUT2D eigenvalue weighted by Gasteiger charge is -2.33. The fourth-order valence-electron chi connectivity index (χ4n) is 3.61. The number of hydrogen-bond acceptors (Lipinski definition) is 4. The summed E-state index contributed by atoms with van der Waals surface area (Å²) in [5, 5.41) is 3.01. The third kappa shape index (κ3) is 8.57. The highest BCUT2D eigenvalue weighted by molar-refractivity contribution is 9.10. The van der Waals surface area contributed by atoms with E-state index in [-0.39, 0.29) is 30.4 Å². The molecule has 0 fully saturated rings. The molecule has 2 amide bonds. The summed E-state index contributed by atoms with van der Waals surface area (Å²) in [6.07, 6.45) is 0.480. The molecule has 1 N–H and O–H groups in total. The molecule has 0 aliphatic rings. The highest BCUT2D eigenvalue weighted by atomic mass is 79.9. The van der Waals surface area contributed by atoms with Gasteiger partial charge < -0.3 is 19.7 Å². The second-order valence-corrected chi connectivity index (χ2v) is 11.6. The number of nitrogens with one attached hydrogen (secondary N) is 1. The van der Waals surface area contributed by atoms with Gasteiger partial charge in [-0.05, 0) is 83.9 Å². The van der Waals surface area contributed by atoms with Crippen LogP contribution in [0.3, 0.4) is 0 Å². The molecular formula is C28H39BrN2O4. The summed E-state index contributed by atoms with van der Waals surface area (Å²) in [4.78, 5) is 28.1. The molecule has 0 spiro atoms. The SMILES string of the molecule is CC[C@@H](C(=O)NC(C)(C)C)N(Cc1ccc(OC)cc1)C(=O)COc1ccc(C(C)(C)C)cc1Br. The van der Waals surface area contributed by atoms with Crippen molar-refractivity contribution in [2.75, 3.05) is 13.7 Å². The number of amides is 2. The Kier molecular flexibility index (Phi) is 9.78. The van der Waals surface area contributed by atoms with Crippen molar-refractivity contribution >= 4 is 27.7 Å². The van der Waals surface area contributed by atoms with Crippen LogP contribution in [0.1, 0.15) is 66.0 Å². The maximum Gasteiger partial charge on any atom is 0.261 e. The molecule has 2 aromatic rings. The van der Waals surface area contributed by atoms with Gasteiger partial charge >= 0.3 is 0 Å². The normalized spacial score (nSPS) is 12.6. The van der Waals surface area contributed by atoms with Gasteiger partial charge in [0.25, 0.3) is 5.91 Å². The van der Waals surface area contributed by atoms with E-state index in [4.69, 9.17) is 9.47 Å². The van der Waals surface area contributed by atoms with Crippen molar-refractivity contribution < 1.29 is 19.1 Å². The second-order valence-electron chi connectivity index (χ2n) is 10.7. The first-order valence-electron chi connectivity index (χ1n) is 11.9. The minimum atomic E-state index is -0.626. The number of carbonyl (C=O) groups excluding carboxylic acids is 2. The Morgan fingerprint density at radius 2 is 1.66 bits per heavy atom. The van der Waals surface area contributed by atoms with Crippen molar-refractivity contribution in [2.24, 2.45) is 0 Å². The van der Waals surface area contributed by atoms with Crippen LogP contribution in [-0.4, -0.2) is 42.0 Å². The average molecular weight is 548 g/mol. The van der Waals surface area contributed by atoms with Crippen LogP contribution in [0.4, 0.5) is 0 Å². The molecule has 0 aliphatic carbocycles. The van der Waals surface area contributed by atoms with E-state index >= 15 is 0 Å². The first-order valence-corrected chi connectivity index (χ1v) is 12.7. The lowest BCUT2D eigenvalue weighted by atomic mass is 9.87. The summed E-state index contributed by atoms with van der Waals surface area (Å²) in [5.41, 5.74) is 1.65. The average Bonchev–Trinajstić information content (AvgIpc) is 2.76. The summed E-state index contributed by atoms with van der Waals surface area (Å²) in [7, 11) is 1.61. The number of nitrogens with zero attached hydrogens (tertiary/aromatic N) is 1. The molecule has 0 saturated heterocycles. The van der Waals surface area contributed by atoms with Crippen LogP contribution in [0, 0.1) is 0 Å². The van der Waals surface area contributed by atoms with Crippen LogP contribution < -0.4 is 14.8 Å². The van der Waals surface area contributed by atoms with Gasteiger partial charge in [0, 0.05) is 12.1 Å². The van der Waals surface area contributed by atoms with Gasteiger partial charge in [0.05, 0.1) is 11.6 Å². The summed E-state index contributed by atoms with van der Waals surface area (Å²) >= 11 is 3.57. The van der Waals surface area contributed by atoms with E-state index in [2.05, 4.69) is 42.0 Å². The third-order valence-electron chi connectivity index (χ3n) is 5.55. The Labute approximate surface area is 218 Å². The Hall–Kier alpha value is -2.54. The van der Waals surface area contributed by atoms with Crippen LogP contribution in [0.2, 0.25) is 0 Å². The maximum atomic E-state index is 13.4. The molecule has 35 heavy (non-hydrogen) atoms. The molecule has 1 atom stereocenters. The van der Waals surface area contributed by atoms with E-state index in [0.29, 0.717) is 12.2 Å². The molecule has 2 aromatic carbocycles. The summed E-state index contributed by atoms with van der Waals surface area (Å²) < 4.78 is 11.9. The molecule has 0 radical (unpaired) electrons. The third-order valence-corrected chi connectivity index (χ3v) is 6.16. The Morgan fingerprint density at radius 1 is 1.03 bits per heavy atom. The molecular weight excluding hydrogens is 508 g/mol. The number of halogens is 1. The zero-order valence-corrected chi connectivity index (χ0v) is 23.8. The van der Waals surface area contributed by atoms with E-state index in [1.54, 1.807) is 12.0 Å². The molecule has 0 saturated carbocycles. The molecule has 6 nitrogen and oxygen atoms in total. The number of methoxy groups -OCH3 is 1. The minimum absolute atomic E-state index is 0.000790. The zero-order valence-electron chi connectivity index (χ0n) is 22.2. The Morgan fingerprint density at radius 3 is 2.14 bits per heavy atom. The monoisotopic (exact) mass is 546 g/mol. The number of benzene rings is 2. The standard InChI is InChI=1S/C28H39BrN2O4/c1-9-23(26(33)30-28(5,6)7)31(17-19-10-13-21(34-8)14-11-19)25(32)18-35-24-15-12-20(16-22(24)29)27(2,3)4/h10-16,23H,9,17-18H2,1-8H3,(H,30,33)/t23-/m0/s1. The first-order chi connectivity index (χ1) is 16.2. The Bertz CT molecular complexity index is 1010. The minimum Gasteiger partial charge on any atom is -0.497 e. The lowest BCUT2D eigenvalue weighted by molar-refractivity contribution is -0.143. The lowest BCUT2D eigenvalue weighted by Crippen LogP contribution is -2.54. The van der Waals surface area contributed by atoms with E-state index in [1.807, 2.05) is 70.2 Å². The van der Waals surface area contributed by atoms with Crippen LogP contribution in [0.25, 0.3) is 0 Å². The van der Waals surface area contributed by atoms with Gasteiger partial charge in [-0.2, -0.15) is 0 Å². The highest BCUT2D eigenvalue weighted by Crippen LogP contribution is 2.31. The number of rotatable bonds is 9. The van der Waals surface area contributed by atoms with Gasteiger partial charge in [-0.1, -0.05) is 45.9 Å². The highest BCUT2D eigenvalue weighted by Gasteiger charge is 2.31. The fourth-order valence-corrected chi connectivity index (χ4v) is 4.10. The van der Waals surface area contributed by atoms with Crippen LogP contribution in [0.5, 0.6) is 11.5 Å².